The van der Waals surface area contributed by atoms with Crippen molar-refractivity contribution in [2.24, 2.45) is 0 Å². The van der Waals surface area contributed by atoms with Crippen LogP contribution in [0.2, 0.25) is 0 Å². The number of hydrogen-bond donors (Lipinski definition) is 2. The number of para-hydroxylation sites is 1. The van der Waals surface area contributed by atoms with Gasteiger partial charge < -0.3 is 15.2 Å². The first-order valence-corrected chi connectivity index (χ1v) is 7.08. The highest BCUT2D eigenvalue weighted by molar-refractivity contribution is 9.10. The second-order valence-corrected chi connectivity index (χ2v) is 5.17. The lowest BCUT2D eigenvalue weighted by atomic mass is 10.1. The van der Waals surface area contributed by atoms with E-state index in [0.717, 1.165) is 27.2 Å². The Balaban J connectivity index is 2.31. The van der Waals surface area contributed by atoms with Crippen LogP contribution in [0.25, 0.3) is 0 Å². The van der Waals surface area contributed by atoms with Gasteiger partial charge in [-0.05, 0) is 35.0 Å². The van der Waals surface area contributed by atoms with E-state index in [9.17, 15) is 5.11 Å². The molecular weight excluding hydrogens is 320 g/mol. The van der Waals surface area contributed by atoms with Gasteiger partial charge in [0, 0.05) is 11.8 Å². The largest absolute Gasteiger partial charge is 0.496 e. The summed E-state index contributed by atoms with van der Waals surface area (Å²) >= 11 is 3.51. The number of aromatic nitrogens is 1. The van der Waals surface area contributed by atoms with Gasteiger partial charge >= 0.3 is 0 Å². The Morgan fingerprint density at radius 2 is 2.10 bits per heavy atom. The maximum Gasteiger partial charge on any atom is 0.124 e. The number of aliphatic hydroxyl groups excluding tert-OH is 1. The van der Waals surface area contributed by atoms with Crippen molar-refractivity contribution in [3.8, 4) is 5.75 Å². The molecule has 4 nitrogen and oxygen atoms in total. The van der Waals surface area contributed by atoms with E-state index in [1.807, 2.05) is 37.3 Å². The minimum Gasteiger partial charge on any atom is -0.496 e. The fourth-order valence-corrected chi connectivity index (χ4v) is 2.37. The lowest BCUT2D eigenvalue weighted by Gasteiger charge is -2.21. The Morgan fingerprint density at radius 3 is 2.80 bits per heavy atom. The number of nitrogens with zero attached hydrogens (tertiary/aromatic N) is 1. The summed E-state index contributed by atoms with van der Waals surface area (Å²) < 4.78 is 6.24. The molecule has 0 aliphatic rings. The van der Waals surface area contributed by atoms with E-state index < -0.39 is 0 Å². The number of benzene rings is 1. The first-order chi connectivity index (χ1) is 9.67. The second kappa shape index (κ2) is 6.72. The molecule has 0 saturated carbocycles. The van der Waals surface area contributed by atoms with E-state index in [0.29, 0.717) is 0 Å². The fraction of sp³-hybridized carbons (Fsp3) is 0.267. The first-order valence-electron chi connectivity index (χ1n) is 6.28. The maximum atomic E-state index is 9.67. The van der Waals surface area contributed by atoms with Crippen LogP contribution in [0.15, 0.2) is 41.0 Å². The predicted octanol–water partition coefficient (Wildman–Crippen LogP) is 3.31. The Hall–Kier alpha value is -1.59. The average Bonchev–Trinajstić information content (AvgIpc) is 2.49. The zero-order valence-corrected chi connectivity index (χ0v) is 13.0. The van der Waals surface area contributed by atoms with E-state index in [4.69, 9.17) is 4.74 Å². The Morgan fingerprint density at radius 1 is 1.35 bits per heavy atom. The Bertz CT molecular complexity index is 590. The van der Waals surface area contributed by atoms with Crippen LogP contribution in [-0.4, -0.2) is 23.8 Å². The van der Waals surface area contributed by atoms with Gasteiger partial charge in [0.25, 0.3) is 0 Å². The summed E-state index contributed by atoms with van der Waals surface area (Å²) in [6.07, 6.45) is 1.74. The van der Waals surface area contributed by atoms with Crippen molar-refractivity contribution in [3.63, 3.8) is 0 Å². The highest BCUT2D eigenvalue weighted by Crippen LogP contribution is 2.31. The van der Waals surface area contributed by atoms with Crippen molar-refractivity contribution in [3.05, 3.63) is 52.3 Å². The molecule has 106 valence electrons. The summed E-state index contributed by atoms with van der Waals surface area (Å²) in [7, 11) is 1.62. The third-order valence-electron chi connectivity index (χ3n) is 3.09. The fourth-order valence-electron chi connectivity index (χ4n) is 2.02. The zero-order valence-electron chi connectivity index (χ0n) is 11.4. The van der Waals surface area contributed by atoms with Crippen LogP contribution in [0.4, 0.5) is 5.69 Å². The number of aryl methyl sites for hydroxylation is 1. The Labute approximate surface area is 126 Å². The molecule has 2 aromatic rings. The van der Waals surface area contributed by atoms with Crippen molar-refractivity contribution in [2.45, 2.75) is 13.0 Å². The van der Waals surface area contributed by atoms with Crippen LogP contribution >= 0.6 is 15.9 Å². The minimum absolute atomic E-state index is 0.0335. The highest BCUT2D eigenvalue weighted by Gasteiger charge is 2.16. The monoisotopic (exact) mass is 336 g/mol. The molecule has 0 fully saturated rings. The molecule has 2 rings (SSSR count). The SMILES string of the molecule is COc1ccccc1C(CO)Nc1ccnc(C)c1Br. The first kappa shape index (κ1) is 14.8. The number of pyridine rings is 1. The van der Waals surface area contributed by atoms with Gasteiger partial charge in [-0.3, -0.25) is 4.98 Å². The van der Waals surface area contributed by atoms with Crippen LogP contribution in [0.3, 0.4) is 0 Å². The molecular formula is C15H17BrN2O2. The number of methoxy groups -OCH3 is 1. The van der Waals surface area contributed by atoms with Crippen LogP contribution < -0.4 is 10.1 Å². The third kappa shape index (κ3) is 3.11. The van der Waals surface area contributed by atoms with Gasteiger partial charge in [0.1, 0.15) is 5.75 Å². The third-order valence-corrected chi connectivity index (χ3v) is 4.09. The molecule has 1 unspecified atom stereocenters. The van der Waals surface area contributed by atoms with Gasteiger partial charge in [-0.15, -0.1) is 0 Å². The van der Waals surface area contributed by atoms with Crippen molar-refractivity contribution >= 4 is 21.6 Å². The normalized spacial score (nSPS) is 12.0. The summed E-state index contributed by atoms with van der Waals surface area (Å²) in [5.41, 5.74) is 2.70. The number of rotatable bonds is 5. The van der Waals surface area contributed by atoms with E-state index >= 15 is 0 Å². The quantitative estimate of drug-likeness (QED) is 0.879. The lowest BCUT2D eigenvalue weighted by molar-refractivity contribution is 0.273. The summed E-state index contributed by atoms with van der Waals surface area (Å²) in [6, 6.07) is 9.28. The molecule has 1 aromatic carbocycles. The van der Waals surface area contributed by atoms with E-state index in [2.05, 4.69) is 26.2 Å². The molecule has 0 amide bonds. The summed E-state index contributed by atoms with van der Waals surface area (Å²) in [5, 5.41) is 13.0. The molecule has 5 heteroatoms. The molecule has 0 radical (unpaired) electrons. The van der Waals surface area contributed by atoms with Crippen molar-refractivity contribution in [1.82, 2.24) is 4.98 Å². The smallest absolute Gasteiger partial charge is 0.124 e. The molecule has 20 heavy (non-hydrogen) atoms. The average molecular weight is 337 g/mol. The predicted molar refractivity (Wildman–Crippen MR) is 83.1 cm³/mol. The summed E-state index contributed by atoms with van der Waals surface area (Å²) in [5.74, 6) is 0.751. The van der Waals surface area contributed by atoms with Crippen LogP contribution in [-0.2, 0) is 0 Å². The highest BCUT2D eigenvalue weighted by atomic mass is 79.9. The molecule has 1 heterocycles. The van der Waals surface area contributed by atoms with Gasteiger partial charge in [0.2, 0.25) is 0 Å². The molecule has 1 aromatic heterocycles. The molecule has 2 N–H and O–H groups in total. The van der Waals surface area contributed by atoms with Gasteiger partial charge in [-0.25, -0.2) is 0 Å². The van der Waals surface area contributed by atoms with Crippen LogP contribution in [0.5, 0.6) is 5.75 Å². The number of ether oxygens (including phenoxy) is 1. The lowest BCUT2D eigenvalue weighted by Crippen LogP contribution is -2.16. The van der Waals surface area contributed by atoms with Crippen LogP contribution in [0.1, 0.15) is 17.3 Å². The van der Waals surface area contributed by atoms with E-state index in [-0.39, 0.29) is 12.6 Å². The minimum atomic E-state index is -0.246. The molecule has 0 aliphatic carbocycles. The number of aliphatic hydroxyl groups is 1. The molecule has 0 spiro atoms. The van der Waals surface area contributed by atoms with Crippen LogP contribution in [0, 0.1) is 6.92 Å². The molecule has 0 saturated heterocycles. The topological polar surface area (TPSA) is 54.4 Å². The zero-order chi connectivity index (χ0) is 14.5. The van der Waals surface area contributed by atoms with E-state index in [1.54, 1.807) is 13.3 Å². The van der Waals surface area contributed by atoms with Gasteiger partial charge in [-0.2, -0.15) is 0 Å². The molecule has 0 aliphatic heterocycles. The van der Waals surface area contributed by atoms with Crippen molar-refractivity contribution < 1.29 is 9.84 Å². The number of nitrogens with one attached hydrogen (secondary N) is 1. The van der Waals surface area contributed by atoms with Gasteiger partial charge in [0.15, 0.2) is 0 Å². The van der Waals surface area contributed by atoms with Gasteiger partial charge in [-0.1, -0.05) is 18.2 Å². The van der Waals surface area contributed by atoms with E-state index in [1.165, 1.54) is 0 Å². The number of hydrogen-bond acceptors (Lipinski definition) is 4. The number of anilines is 1. The standard InChI is InChI=1S/C15H17BrN2O2/c1-10-15(16)12(7-8-17-10)18-13(9-19)11-5-3-4-6-14(11)20-2/h3-8,13,19H,9H2,1-2H3,(H,17,18). The van der Waals surface area contributed by atoms with Crippen molar-refractivity contribution in [2.75, 3.05) is 19.0 Å². The number of halogens is 1. The maximum absolute atomic E-state index is 9.67. The summed E-state index contributed by atoms with van der Waals surface area (Å²) in [6.45, 7) is 1.89. The second-order valence-electron chi connectivity index (χ2n) is 4.38. The summed E-state index contributed by atoms with van der Waals surface area (Å²) in [4.78, 5) is 4.20. The Kier molecular flexibility index (Phi) is 4.98. The van der Waals surface area contributed by atoms with Gasteiger partial charge in [0.05, 0.1) is 35.6 Å². The van der Waals surface area contributed by atoms with Crippen molar-refractivity contribution in [1.29, 1.82) is 0 Å². The molecule has 1 atom stereocenters. The molecule has 0 bridgehead atoms.